The number of esters is 2. The molecule has 0 amide bonds. The summed E-state index contributed by atoms with van der Waals surface area (Å²) in [7, 11) is 2.48. The maximum atomic E-state index is 11.5. The van der Waals surface area contributed by atoms with Gasteiger partial charge in [-0.3, -0.25) is 0 Å². The summed E-state index contributed by atoms with van der Waals surface area (Å²) in [5.74, 6) is -1.27. The number of hydrogen-bond acceptors (Lipinski definition) is 5. The Morgan fingerprint density at radius 1 is 1.22 bits per heavy atom. The first kappa shape index (κ1) is 14.5. The van der Waals surface area contributed by atoms with Crippen molar-refractivity contribution in [2.45, 2.75) is 0 Å². The minimum Gasteiger partial charge on any atom is -0.466 e. The highest BCUT2D eigenvalue weighted by Crippen LogP contribution is 2.19. The van der Waals surface area contributed by atoms with Crippen LogP contribution >= 0.6 is 22.6 Å². The molecular formula is C12H12INO4. The van der Waals surface area contributed by atoms with Crippen molar-refractivity contribution in [3.8, 4) is 0 Å². The zero-order valence-corrected chi connectivity index (χ0v) is 12.1. The molecule has 0 aromatic heterocycles. The first-order valence-electron chi connectivity index (χ1n) is 4.98. The van der Waals surface area contributed by atoms with E-state index in [-0.39, 0.29) is 5.70 Å². The Morgan fingerprint density at radius 3 is 2.44 bits per heavy atom. The number of methoxy groups -OCH3 is 2. The maximum absolute atomic E-state index is 11.5. The van der Waals surface area contributed by atoms with Gasteiger partial charge in [-0.05, 0) is 34.7 Å². The highest BCUT2D eigenvalue weighted by Gasteiger charge is 2.13. The van der Waals surface area contributed by atoms with Crippen LogP contribution in [-0.2, 0) is 19.1 Å². The molecule has 1 aromatic carbocycles. The van der Waals surface area contributed by atoms with Gasteiger partial charge in [0.25, 0.3) is 0 Å². The van der Waals surface area contributed by atoms with E-state index in [0.29, 0.717) is 5.69 Å². The third kappa shape index (κ3) is 4.02. The summed E-state index contributed by atoms with van der Waals surface area (Å²) < 4.78 is 9.98. The fraction of sp³-hybridized carbons (Fsp3) is 0.167. The van der Waals surface area contributed by atoms with Crippen molar-refractivity contribution in [3.63, 3.8) is 0 Å². The van der Waals surface area contributed by atoms with Gasteiger partial charge in [-0.2, -0.15) is 0 Å². The monoisotopic (exact) mass is 361 g/mol. The first-order valence-corrected chi connectivity index (χ1v) is 6.06. The van der Waals surface area contributed by atoms with Gasteiger partial charge < -0.3 is 14.8 Å². The summed E-state index contributed by atoms with van der Waals surface area (Å²) in [6.07, 6.45) is 1.05. The Labute approximate surface area is 118 Å². The molecule has 5 nitrogen and oxygen atoms in total. The molecular weight excluding hydrogens is 349 g/mol. The summed E-state index contributed by atoms with van der Waals surface area (Å²) in [4.78, 5) is 22.7. The van der Waals surface area contributed by atoms with Gasteiger partial charge in [0.1, 0.15) is 5.70 Å². The van der Waals surface area contributed by atoms with E-state index in [1.807, 2.05) is 18.2 Å². The van der Waals surface area contributed by atoms with E-state index in [9.17, 15) is 9.59 Å². The third-order valence-corrected chi connectivity index (χ3v) is 2.95. The predicted molar refractivity (Wildman–Crippen MR) is 74.9 cm³/mol. The van der Waals surface area contributed by atoms with Gasteiger partial charge in [-0.25, -0.2) is 9.59 Å². The van der Waals surface area contributed by atoms with Crippen LogP contribution in [0.25, 0.3) is 0 Å². The van der Waals surface area contributed by atoms with E-state index < -0.39 is 11.9 Å². The number of ether oxygens (including phenoxy) is 2. The summed E-state index contributed by atoms with van der Waals surface area (Å²) in [6, 6.07) is 7.35. The van der Waals surface area contributed by atoms with Gasteiger partial charge in [-0.15, -0.1) is 0 Å². The molecule has 0 fully saturated rings. The highest BCUT2D eigenvalue weighted by atomic mass is 127. The summed E-state index contributed by atoms with van der Waals surface area (Å²) in [5, 5.41) is 2.84. The standard InChI is InChI=1S/C12H12INO4/c1-17-11(15)7-10(12(16)18-2)14-9-6-4-3-5-8(9)13/h3-7,14H,1-2H3/b10-7+. The second-order valence-electron chi connectivity index (χ2n) is 3.18. The van der Waals surface area contributed by atoms with Gasteiger partial charge in [0.05, 0.1) is 26.0 Å². The van der Waals surface area contributed by atoms with E-state index in [1.165, 1.54) is 14.2 Å². The van der Waals surface area contributed by atoms with E-state index in [2.05, 4.69) is 37.4 Å². The van der Waals surface area contributed by atoms with Crippen LogP contribution in [-0.4, -0.2) is 26.2 Å². The summed E-state index contributed by atoms with van der Waals surface area (Å²) >= 11 is 2.11. The fourth-order valence-corrected chi connectivity index (χ4v) is 1.66. The Kier molecular flexibility index (Phi) is 5.63. The Morgan fingerprint density at radius 2 is 1.89 bits per heavy atom. The average Bonchev–Trinajstić information content (AvgIpc) is 2.39. The molecule has 1 N–H and O–H groups in total. The van der Waals surface area contributed by atoms with Crippen molar-refractivity contribution in [2.75, 3.05) is 19.5 Å². The second-order valence-corrected chi connectivity index (χ2v) is 4.34. The molecule has 0 radical (unpaired) electrons. The minimum absolute atomic E-state index is 0.0217. The summed E-state index contributed by atoms with van der Waals surface area (Å²) in [5.41, 5.74) is 0.729. The lowest BCUT2D eigenvalue weighted by atomic mass is 10.3. The number of nitrogens with one attached hydrogen (secondary N) is 1. The number of carbonyl (C=O) groups excluding carboxylic acids is 2. The van der Waals surface area contributed by atoms with Crippen molar-refractivity contribution in [1.29, 1.82) is 0 Å². The lowest BCUT2D eigenvalue weighted by Gasteiger charge is -2.10. The lowest BCUT2D eigenvalue weighted by molar-refractivity contribution is -0.138. The number of para-hydroxylation sites is 1. The first-order chi connectivity index (χ1) is 8.58. The zero-order valence-electron chi connectivity index (χ0n) is 9.90. The van der Waals surface area contributed by atoms with Gasteiger partial charge in [0, 0.05) is 3.57 Å². The summed E-state index contributed by atoms with van der Waals surface area (Å²) in [6.45, 7) is 0. The van der Waals surface area contributed by atoms with Crippen LogP contribution in [0, 0.1) is 3.57 Å². The van der Waals surface area contributed by atoms with E-state index in [0.717, 1.165) is 9.65 Å². The van der Waals surface area contributed by atoms with Crippen LogP contribution < -0.4 is 5.32 Å². The van der Waals surface area contributed by atoms with Crippen LogP contribution in [0.4, 0.5) is 5.69 Å². The van der Waals surface area contributed by atoms with Gasteiger partial charge in [0.15, 0.2) is 0 Å². The third-order valence-electron chi connectivity index (χ3n) is 2.01. The molecule has 6 heteroatoms. The number of anilines is 1. The SMILES string of the molecule is COC(=O)/C=C(/Nc1ccccc1I)C(=O)OC. The molecule has 0 unspecified atom stereocenters. The van der Waals surface area contributed by atoms with Crippen LogP contribution in [0.5, 0.6) is 0 Å². The van der Waals surface area contributed by atoms with Crippen molar-refractivity contribution >= 4 is 40.2 Å². The van der Waals surface area contributed by atoms with Crippen molar-refractivity contribution in [2.24, 2.45) is 0 Å². The molecule has 0 saturated carbocycles. The number of halogens is 1. The quantitative estimate of drug-likeness (QED) is 0.505. The maximum Gasteiger partial charge on any atom is 0.354 e. The number of hydrogen-bond donors (Lipinski definition) is 1. The molecule has 0 heterocycles. The Bertz CT molecular complexity index is 485. The van der Waals surface area contributed by atoms with Gasteiger partial charge in [-0.1, -0.05) is 12.1 Å². The van der Waals surface area contributed by atoms with E-state index >= 15 is 0 Å². The molecule has 0 bridgehead atoms. The molecule has 0 spiro atoms. The molecule has 96 valence electrons. The van der Waals surface area contributed by atoms with Crippen LogP contribution in [0.15, 0.2) is 36.0 Å². The van der Waals surface area contributed by atoms with Gasteiger partial charge >= 0.3 is 11.9 Å². The molecule has 0 saturated heterocycles. The minimum atomic E-state index is -0.639. The molecule has 0 aliphatic carbocycles. The smallest absolute Gasteiger partial charge is 0.354 e. The van der Waals surface area contributed by atoms with Crippen LogP contribution in [0.2, 0.25) is 0 Å². The Hall–Kier alpha value is -1.57. The zero-order chi connectivity index (χ0) is 13.5. The largest absolute Gasteiger partial charge is 0.466 e. The average molecular weight is 361 g/mol. The van der Waals surface area contributed by atoms with Gasteiger partial charge in [0.2, 0.25) is 0 Å². The van der Waals surface area contributed by atoms with E-state index in [4.69, 9.17) is 0 Å². The number of carbonyl (C=O) groups is 2. The second kappa shape index (κ2) is 7.00. The highest BCUT2D eigenvalue weighted by molar-refractivity contribution is 14.1. The van der Waals surface area contributed by atoms with Crippen molar-refractivity contribution in [3.05, 3.63) is 39.6 Å². The topological polar surface area (TPSA) is 64.6 Å². The molecule has 18 heavy (non-hydrogen) atoms. The lowest BCUT2D eigenvalue weighted by Crippen LogP contribution is -2.15. The molecule has 0 aliphatic rings. The predicted octanol–water partition coefficient (Wildman–Crippen LogP) is 1.93. The van der Waals surface area contributed by atoms with Crippen LogP contribution in [0.3, 0.4) is 0 Å². The molecule has 1 rings (SSSR count). The molecule has 0 aliphatic heterocycles. The number of rotatable bonds is 4. The molecule has 1 aromatic rings. The number of benzene rings is 1. The Balaban J connectivity index is 3.00. The molecule has 0 atom stereocenters. The van der Waals surface area contributed by atoms with Crippen molar-refractivity contribution < 1.29 is 19.1 Å². The normalized spacial score (nSPS) is 10.7. The van der Waals surface area contributed by atoms with Crippen LogP contribution in [0.1, 0.15) is 0 Å². The van der Waals surface area contributed by atoms with Crippen molar-refractivity contribution in [1.82, 2.24) is 0 Å². The van der Waals surface area contributed by atoms with E-state index in [1.54, 1.807) is 6.07 Å². The fourth-order valence-electron chi connectivity index (χ4n) is 1.14.